The molecular formula is C15H20BrN3O. The Morgan fingerprint density at radius 3 is 2.85 bits per heavy atom. The van der Waals surface area contributed by atoms with Crippen molar-refractivity contribution in [1.82, 2.24) is 15.5 Å². The molecule has 5 heteroatoms. The average Bonchev–Trinajstić information content (AvgIpc) is 2.83. The van der Waals surface area contributed by atoms with Crippen LogP contribution >= 0.6 is 15.9 Å². The molecule has 0 unspecified atom stereocenters. The van der Waals surface area contributed by atoms with Crippen molar-refractivity contribution in [3.63, 3.8) is 0 Å². The van der Waals surface area contributed by atoms with E-state index in [1.807, 2.05) is 19.1 Å². The van der Waals surface area contributed by atoms with E-state index in [0.717, 1.165) is 35.0 Å². The molecule has 1 heterocycles. The van der Waals surface area contributed by atoms with Crippen molar-refractivity contribution in [2.45, 2.75) is 39.7 Å². The lowest BCUT2D eigenvalue weighted by molar-refractivity contribution is 0.374. The van der Waals surface area contributed by atoms with Gasteiger partial charge in [0.1, 0.15) is 0 Å². The first-order chi connectivity index (χ1) is 9.56. The maximum Gasteiger partial charge on any atom is 0.227 e. The molecule has 108 valence electrons. The molecule has 1 aromatic carbocycles. The molecule has 0 amide bonds. The summed E-state index contributed by atoms with van der Waals surface area (Å²) in [5.74, 6) is 1.37. The molecule has 0 bridgehead atoms. The van der Waals surface area contributed by atoms with Crippen LogP contribution in [0, 0.1) is 6.92 Å². The number of aromatic nitrogens is 2. The van der Waals surface area contributed by atoms with Crippen LogP contribution < -0.4 is 5.32 Å². The lowest BCUT2D eigenvalue weighted by atomic mass is 10.1. The van der Waals surface area contributed by atoms with Gasteiger partial charge in [-0.2, -0.15) is 4.98 Å². The first-order valence-corrected chi connectivity index (χ1v) is 7.68. The highest BCUT2D eigenvalue weighted by Crippen LogP contribution is 2.23. The zero-order chi connectivity index (χ0) is 14.5. The number of hydrogen-bond donors (Lipinski definition) is 1. The Morgan fingerprint density at radius 1 is 1.35 bits per heavy atom. The van der Waals surface area contributed by atoms with E-state index in [9.17, 15) is 0 Å². The minimum absolute atomic E-state index is 0.513. The van der Waals surface area contributed by atoms with Crippen LogP contribution in [0.4, 0.5) is 0 Å². The van der Waals surface area contributed by atoms with Crippen LogP contribution in [0.5, 0.6) is 0 Å². The van der Waals surface area contributed by atoms with Gasteiger partial charge in [-0.15, -0.1) is 0 Å². The average molecular weight is 338 g/mol. The van der Waals surface area contributed by atoms with Crippen molar-refractivity contribution in [3.05, 3.63) is 34.1 Å². The molecule has 0 spiro atoms. The van der Waals surface area contributed by atoms with Crippen LogP contribution in [0.3, 0.4) is 0 Å². The Balaban J connectivity index is 1.98. The lowest BCUT2D eigenvalue weighted by Crippen LogP contribution is -2.23. The zero-order valence-electron chi connectivity index (χ0n) is 12.1. The summed E-state index contributed by atoms with van der Waals surface area (Å²) in [6.07, 6.45) is 1.81. The Kier molecular flexibility index (Phi) is 5.31. The maximum atomic E-state index is 5.31. The van der Waals surface area contributed by atoms with Gasteiger partial charge in [-0.05, 0) is 43.7 Å². The third-order valence-electron chi connectivity index (χ3n) is 3.02. The van der Waals surface area contributed by atoms with Gasteiger partial charge in [-0.25, -0.2) is 0 Å². The quantitative estimate of drug-likeness (QED) is 0.816. The van der Waals surface area contributed by atoms with E-state index < -0.39 is 0 Å². The van der Waals surface area contributed by atoms with Crippen LogP contribution in [0.1, 0.15) is 31.7 Å². The van der Waals surface area contributed by atoms with Gasteiger partial charge < -0.3 is 9.84 Å². The van der Waals surface area contributed by atoms with E-state index in [0.29, 0.717) is 17.8 Å². The van der Waals surface area contributed by atoms with Crippen LogP contribution in [-0.4, -0.2) is 22.7 Å². The van der Waals surface area contributed by atoms with Crippen molar-refractivity contribution in [1.29, 1.82) is 0 Å². The van der Waals surface area contributed by atoms with Gasteiger partial charge in [0.05, 0.1) is 0 Å². The minimum Gasteiger partial charge on any atom is -0.339 e. The van der Waals surface area contributed by atoms with E-state index in [1.54, 1.807) is 0 Å². The molecule has 20 heavy (non-hydrogen) atoms. The summed E-state index contributed by atoms with van der Waals surface area (Å²) in [5.41, 5.74) is 2.15. The third kappa shape index (κ3) is 4.15. The molecule has 0 aliphatic rings. The summed E-state index contributed by atoms with van der Waals surface area (Å²) in [6, 6.07) is 6.57. The Bertz CT molecular complexity index is 566. The van der Waals surface area contributed by atoms with Gasteiger partial charge in [0.25, 0.3) is 0 Å². The number of nitrogens with zero attached hydrogens (tertiary/aromatic N) is 2. The molecule has 1 aromatic heterocycles. The second kappa shape index (κ2) is 6.99. The van der Waals surface area contributed by atoms with Crippen LogP contribution in [0.2, 0.25) is 0 Å². The molecule has 0 saturated heterocycles. The first kappa shape index (κ1) is 15.2. The smallest absolute Gasteiger partial charge is 0.227 e. The summed E-state index contributed by atoms with van der Waals surface area (Å²) in [7, 11) is 0. The fourth-order valence-corrected chi connectivity index (χ4v) is 2.45. The molecule has 0 atom stereocenters. The van der Waals surface area contributed by atoms with E-state index in [-0.39, 0.29) is 0 Å². The predicted molar refractivity (Wildman–Crippen MR) is 83.6 cm³/mol. The maximum absolute atomic E-state index is 5.31. The molecule has 2 aromatic rings. The molecule has 1 N–H and O–H groups in total. The largest absolute Gasteiger partial charge is 0.339 e. The van der Waals surface area contributed by atoms with Crippen molar-refractivity contribution in [3.8, 4) is 11.4 Å². The number of hydrogen-bond acceptors (Lipinski definition) is 4. The highest BCUT2D eigenvalue weighted by molar-refractivity contribution is 9.10. The molecule has 0 aliphatic heterocycles. The SMILES string of the molecule is Cc1cc(Br)ccc1-c1noc(CCCNC(C)C)n1. The van der Waals surface area contributed by atoms with Gasteiger partial charge in [-0.3, -0.25) is 0 Å². The summed E-state index contributed by atoms with van der Waals surface area (Å²) in [4.78, 5) is 4.47. The monoisotopic (exact) mass is 337 g/mol. The number of halogens is 1. The van der Waals surface area contributed by atoms with E-state index in [1.165, 1.54) is 0 Å². The van der Waals surface area contributed by atoms with Crippen LogP contribution in [0.25, 0.3) is 11.4 Å². The number of nitrogens with one attached hydrogen (secondary N) is 1. The summed E-state index contributed by atoms with van der Waals surface area (Å²) < 4.78 is 6.37. The van der Waals surface area contributed by atoms with Crippen molar-refractivity contribution < 1.29 is 4.52 Å². The van der Waals surface area contributed by atoms with Gasteiger partial charge in [0.15, 0.2) is 0 Å². The van der Waals surface area contributed by atoms with E-state index >= 15 is 0 Å². The second-order valence-corrected chi connectivity index (χ2v) is 6.10. The van der Waals surface area contributed by atoms with Gasteiger partial charge >= 0.3 is 0 Å². The predicted octanol–water partition coefficient (Wildman–Crippen LogP) is 3.74. The standard InChI is InChI=1S/C15H20BrN3O/c1-10(2)17-8-4-5-14-18-15(19-20-14)13-7-6-12(16)9-11(13)3/h6-7,9-10,17H,4-5,8H2,1-3H3. The van der Waals surface area contributed by atoms with Crippen molar-refractivity contribution in [2.24, 2.45) is 0 Å². The molecule has 0 radical (unpaired) electrons. The van der Waals surface area contributed by atoms with Gasteiger partial charge in [-0.1, -0.05) is 34.9 Å². The van der Waals surface area contributed by atoms with Crippen molar-refractivity contribution >= 4 is 15.9 Å². The fourth-order valence-electron chi connectivity index (χ4n) is 1.97. The summed E-state index contributed by atoms with van der Waals surface area (Å²) in [5, 5.41) is 7.44. The number of benzene rings is 1. The Hall–Kier alpha value is -1.20. The van der Waals surface area contributed by atoms with Gasteiger partial charge in [0, 0.05) is 22.5 Å². The summed E-state index contributed by atoms with van der Waals surface area (Å²) >= 11 is 3.46. The van der Waals surface area contributed by atoms with E-state index in [2.05, 4.69) is 51.3 Å². The molecule has 0 fully saturated rings. The fraction of sp³-hybridized carbons (Fsp3) is 0.467. The van der Waals surface area contributed by atoms with Crippen LogP contribution in [-0.2, 0) is 6.42 Å². The number of aryl methyl sites for hydroxylation is 2. The lowest BCUT2D eigenvalue weighted by Gasteiger charge is -2.05. The normalized spacial score (nSPS) is 11.2. The molecule has 0 saturated carbocycles. The second-order valence-electron chi connectivity index (χ2n) is 5.18. The Morgan fingerprint density at radius 2 is 2.15 bits per heavy atom. The zero-order valence-corrected chi connectivity index (χ0v) is 13.7. The topological polar surface area (TPSA) is 51.0 Å². The molecular weight excluding hydrogens is 318 g/mol. The summed E-state index contributed by atoms with van der Waals surface area (Å²) in [6.45, 7) is 7.29. The highest BCUT2D eigenvalue weighted by Gasteiger charge is 2.10. The molecule has 0 aliphatic carbocycles. The highest BCUT2D eigenvalue weighted by atomic mass is 79.9. The van der Waals surface area contributed by atoms with Gasteiger partial charge in [0.2, 0.25) is 11.7 Å². The first-order valence-electron chi connectivity index (χ1n) is 6.89. The molecule has 4 nitrogen and oxygen atoms in total. The van der Waals surface area contributed by atoms with E-state index in [4.69, 9.17) is 4.52 Å². The Labute approximate surface area is 128 Å². The minimum atomic E-state index is 0.513. The number of rotatable bonds is 6. The van der Waals surface area contributed by atoms with Crippen molar-refractivity contribution in [2.75, 3.05) is 6.54 Å². The third-order valence-corrected chi connectivity index (χ3v) is 3.51. The van der Waals surface area contributed by atoms with Crippen LogP contribution in [0.15, 0.2) is 27.2 Å². The molecule has 2 rings (SSSR count).